The summed E-state index contributed by atoms with van der Waals surface area (Å²) < 4.78 is 0. The lowest BCUT2D eigenvalue weighted by Crippen LogP contribution is -1.66. The Balaban J connectivity index is -0.0000000300. The molecule has 10 heteroatoms. The molecular weight excluding hydrogens is 299 g/mol. The molecule has 0 aliphatic rings. The topological polar surface area (TPSA) is 63.0 Å². The molecule has 4 N–H and O–H groups in total. The van der Waals surface area contributed by atoms with E-state index >= 15 is 0 Å². The highest BCUT2D eigenvalue weighted by molar-refractivity contribution is 7.54. The van der Waals surface area contributed by atoms with Crippen LogP contribution in [0.25, 0.3) is 0 Å². The predicted molar refractivity (Wildman–Crippen MR) is 53.9 cm³/mol. The van der Waals surface area contributed by atoms with Crippen molar-refractivity contribution >= 4 is 83.1 Å². The number of rotatable bonds is 0. The third-order valence-electron chi connectivity index (χ3n) is 0. The smallest absolute Gasteiger partial charge is 0.412 e. The van der Waals surface area contributed by atoms with Crippen molar-refractivity contribution in [1.29, 1.82) is 0 Å². The molecule has 0 aliphatic heterocycles. The van der Waals surface area contributed by atoms with Crippen molar-refractivity contribution in [3.05, 3.63) is 0 Å². The van der Waals surface area contributed by atoms with Gasteiger partial charge in [0.15, 0.2) is 0 Å². The van der Waals surface area contributed by atoms with Crippen LogP contribution in [0.2, 0.25) is 0 Å². The maximum atomic E-state index is 4.94. The average Bonchev–Trinajstić information content (AvgIpc) is 1.25. The fourth-order valence-electron chi connectivity index (χ4n) is 0. The van der Waals surface area contributed by atoms with E-state index in [0.717, 1.165) is 0 Å². The zero-order valence-corrected chi connectivity index (χ0v) is 11.3. The minimum Gasteiger partial charge on any atom is -0.412 e. The zero-order valence-electron chi connectivity index (χ0n) is 4.42. The van der Waals surface area contributed by atoms with Crippen LogP contribution in [0.1, 0.15) is 0 Å². The second-order valence-electron chi connectivity index (χ2n) is 0.495. The van der Waals surface area contributed by atoms with Crippen molar-refractivity contribution in [3.63, 3.8) is 0 Å². The van der Waals surface area contributed by atoms with Gasteiger partial charge in [0.1, 0.15) is 0 Å². The Kier molecular flexibility index (Phi) is 40.7. The van der Waals surface area contributed by atoms with E-state index in [4.69, 9.17) is 60.3 Å². The van der Waals surface area contributed by atoms with Crippen molar-refractivity contribution in [2.24, 2.45) is 0 Å². The highest BCUT2D eigenvalue weighted by atomic mass is 35.8. The average molecular weight is 303 g/mol. The lowest BCUT2D eigenvalue weighted by Gasteiger charge is -1.57. The summed E-state index contributed by atoms with van der Waals surface area (Å²) in [5, 5.41) is 0. The van der Waals surface area contributed by atoms with E-state index in [9.17, 15) is 0 Å². The highest BCUT2D eigenvalue weighted by Crippen LogP contribution is 1.97. The summed E-state index contributed by atoms with van der Waals surface area (Å²) in [6.07, 6.45) is 0. The first-order chi connectivity index (χ1) is 3.46. The van der Waals surface area contributed by atoms with Crippen LogP contribution in [-0.4, -0.2) is 33.7 Å². The summed E-state index contributed by atoms with van der Waals surface area (Å²) in [6, 6.07) is 0. The molecule has 0 aromatic carbocycles. The molecule has 64 valence electrons. The molecule has 0 unspecified atom stereocenters. The first kappa shape index (κ1) is 23.0. The number of hydrogen-bond donors (Lipinski definition) is 0. The van der Waals surface area contributed by atoms with Gasteiger partial charge in [-0.15, -0.1) is 0 Å². The lowest BCUT2D eigenvalue weighted by molar-refractivity contribution is 0.823. The van der Waals surface area contributed by atoms with Crippen LogP contribution in [0, 0.1) is 0 Å². The second kappa shape index (κ2) is 17.7. The normalized spacial score (nSPS) is 5.40. The van der Waals surface area contributed by atoms with Gasteiger partial charge in [0.2, 0.25) is 0 Å². The van der Waals surface area contributed by atoms with Gasteiger partial charge >= 0.3 is 22.8 Å². The molecule has 0 radical (unpaired) electrons. The first-order valence-corrected chi connectivity index (χ1v) is 11.8. The predicted octanol–water partition coefficient (Wildman–Crippen LogP) is 1.73. The zero-order chi connectivity index (χ0) is 7.15. The summed E-state index contributed by atoms with van der Waals surface area (Å²) in [7, 11) is 29.7. The van der Waals surface area contributed by atoms with Crippen molar-refractivity contribution in [1.82, 2.24) is 0 Å². The van der Waals surface area contributed by atoms with Gasteiger partial charge in [-0.1, -0.05) is 0 Å². The molecule has 0 aromatic rings. The first-order valence-electron chi connectivity index (χ1n) is 1.31. The molecule has 10 heavy (non-hydrogen) atoms. The third kappa shape index (κ3) is 137. The molecule has 0 fully saturated rings. The van der Waals surface area contributed by atoms with Gasteiger partial charge in [-0.2, -0.15) is 0 Å². The van der Waals surface area contributed by atoms with E-state index in [1.54, 1.807) is 0 Å². The minimum atomic E-state index is -1.72. The Labute approximate surface area is 92.9 Å². The van der Waals surface area contributed by atoms with Crippen molar-refractivity contribution in [2.45, 2.75) is 0 Å². The second-order valence-corrected chi connectivity index (χ2v) is 13.4. The fourth-order valence-corrected chi connectivity index (χ4v) is 0. The molecule has 0 heterocycles. The lowest BCUT2D eigenvalue weighted by atomic mass is 16.0. The Hall–Kier alpha value is 2.72. The van der Waals surface area contributed by atoms with E-state index < -0.39 is 22.8 Å². The molecule has 0 rings (SSSR count). The summed E-state index contributed by atoms with van der Waals surface area (Å²) in [6.45, 7) is 0. The Morgan fingerprint density at radius 1 is 0.500 bits per heavy atom. The van der Waals surface area contributed by atoms with E-state index in [1.165, 1.54) is 0 Å². The maximum absolute atomic E-state index is 4.94. The molecule has 0 aliphatic carbocycles. The van der Waals surface area contributed by atoms with E-state index in [2.05, 4.69) is 0 Å². The molecular formula is H4Al2Cl6O2. The monoisotopic (exact) mass is 300 g/mol. The van der Waals surface area contributed by atoms with Crippen LogP contribution in [-0.2, 0) is 0 Å². The summed E-state index contributed by atoms with van der Waals surface area (Å²) in [5.74, 6) is 0. The Morgan fingerprint density at radius 2 is 0.500 bits per heavy atom. The van der Waals surface area contributed by atoms with Gasteiger partial charge in [0.05, 0.1) is 0 Å². The summed E-state index contributed by atoms with van der Waals surface area (Å²) in [5.41, 5.74) is 0. The number of halogens is 6. The van der Waals surface area contributed by atoms with E-state index in [0.29, 0.717) is 0 Å². The van der Waals surface area contributed by atoms with Crippen LogP contribution in [0.5, 0.6) is 0 Å². The molecule has 0 atom stereocenters. The molecule has 0 bridgehead atoms. The summed E-state index contributed by atoms with van der Waals surface area (Å²) >= 11 is -3.44. The van der Waals surface area contributed by atoms with Gasteiger partial charge in [-0.3, -0.25) is 0 Å². The van der Waals surface area contributed by atoms with Gasteiger partial charge in [0, 0.05) is 0 Å². The molecule has 0 aromatic heterocycles. The van der Waals surface area contributed by atoms with Crippen molar-refractivity contribution in [3.8, 4) is 0 Å². The van der Waals surface area contributed by atoms with Crippen LogP contribution < -0.4 is 0 Å². The van der Waals surface area contributed by atoms with Crippen molar-refractivity contribution < 1.29 is 11.0 Å². The van der Waals surface area contributed by atoms with Crippen LogP contribution in [0.4, 0.5) is 0 Å². The van der Waals surface area contributed by atoms with Crippen LogP contribution >= 0.6 is 60.3 Å². The van der Waals surface area contributed by atoms with Crippen molar-refractivity contribution in [2.75, 3.05) is 0 Å². The van der Waals surface area contributed by atoms with Gasteiger partial charge in [0.25, 0.3) is 0 Å². The molecule has 0 saturated heterocycles. The minimum absolute atomic E-state index is 0. The number of hydrogen-bond acceptors (Lipinski definition) is 0. The highest BCUT2D eigenvalue weighted by Gasteiger charge is 2.00. The molecule has 0 spiro atoms. The van der Waals surface area contributed by atoms with E-state index in [1.807, 2.05) is 0 Å². The standard InChI is InChI=1S/2Al.6ClH.2H2O/h;;6*1H;2*1H2/q2*+3;;;;;;;;/p-6. The molecule has 0 amide bonds. The van der Waals surface area contributed by atoms with Gasteiger partial charge in [-0.05, 0) is 0 Å². The van der Waals surface area contributed by atoms with E-state index in [-0.39, 0.29) is 11.0 Å². The summed E-state index contributed by atoms with van der Waals surface area (Å²) in [4.78, 5) is 0. The quantitative estimate of drug-likeness (QED) is 0.612. The van der Waals surface area contributed by atoms with Crippen LogP contribution in [0.3, 0.4) is 0 Å². The third-order valence-corrected chi connectivity index (χ3v) is 0. The van der Waals surface area contributed by atoms with Gasteiger partial charge < -0.3 is 11.0 Å². The maximum Gasteiger partial charge on any atom is 0.643 e. The van der Waals surface area contributed by atoms with Crippen LogP contribution in [0.15, 0.2) is 0 Å². The molecule has 0 saturated carbocycles. The SMILES string of the molecule is O.O.[Cl][Al]([Cl])[Cl].[Cl][Al]([Cl])[Cl]. The van der Waals surface area contributed by atoms with Gasteiger partial charge in [-0.25, -0.2) is 60.3 Å². The Bertz CT molecular complexity index is 29.2. The fraction of sp³-hybridized carbons (Fsp3) is 0. The Morgan fingerprint density at radius 3 is 0.500 bits per heavy atom. The largest absolute Gasteiger partial charge is 0.643 e. The molecule has 2 nitrogen and oxygen atoms in total.